The lowest BCUT2D eigenvalue weighted by atomic mass is 9.85. The Morgan fingerprint density at radius 3 is 2.62 bits per heavy atom. The number of fused-ring (bicyclic) bond motifs is 1. The van der Waals surface area contributed by atoms with Gasteiger partial charge in [-0.1, -0.05) is 26.0 Å². The van der Waals surface area contributed by atoms with Crippen molar-refractivity contribution in [1.29, 1.82) is 0 Å². The van der Waals surface area contributed by atoms with Crippen LogP contribution in [0.25, 0.3) is 0 Å². The number of hydrogen-bond donors (Lipinski definition) is 2. The first-order valence-corrected chi connectivity index (χ1v) is 7.50. The van der Waals surface area contributed by atoms with Crippen LogP contribution in [0, 0.1) is 5.41 Å². The molecule has 1 aliphatic carbocycles. The van der Waals surface area contributed by atoms with Crippen LogP contribution in [-0.4, -0.2) is 17.0 Å². The molecule has 0 bridgehead atoms. The number of carboxylic acid groups (broad SMARTS) is 1. The van der Waals surface area contributed by atoms with E-state index in [1.54, 1.807) is 13.8 Å². The third kappa shape index (κ3) is 4.31. The molecule has 1 aliphatic rings. The van der Waals surface area contributed by atoms with Gasteiger partial charge in [0.1, 0.15) is 0 Å². The van der Waals surface area contributed by atoms with Gasteiger partial charge in [-0.3, -0.25) is 9.59 Å². The highest BCUT2D eigenvalue weighted by Crippen LogP contribution is 2.29. The third-order valence-electron chi connectivity index (χ3n) is 3.94. The van der Waals surface area contributed by atoms with E-state index in [4.69, 9.17) is 5.11 Å². The van der Waals surface area contributed by atoms with Gasteiger partial charge in [0, 0.05) is 12.1 Å². The van der Waals surface area contributed by atoms with Crippen LogP contribution >= 0.6 is 0 Å². The van der Waals surface area contributed by atoms with E-state index >= 15 is 0 Å². The summed E-state index contributed by atoms with van der Waals surface area (Å²) in [6, 6.07) is 6.03. The second-order valence-corrected chi connectivity index (χ2v) is 6.61. The van der Waals surface area contributed by atoms with Crippen LogP contribution in [-0.2, 0) is 22.4 Å². The molecule has 2 rings (SSSR count). The molecule has 0 radical (unpaired) electrons. The number of aliphatic carboxylic acids is 1. The number of anilines is 1. The highest BCUT2D eigenvalue weighted by Gasteiger charge is 2.25. The van der Waals surface area contributed by atoms with E-state index in [1.165, 1.54) is 17.5 Å². The molecule has 0 unspecified atom stereocenters. The number of hydrogen-bond acceptors (Lipinski definition) is 2. The minimum Gasteiger partial charge on any atom is -0.481 e. The van der Waals surface area contributed by atoms with Gasteiger partial charge >= 0.3 is 5.97 Å². The molecule has 0 heterocycles. The Balaban J connectivity index is 2.05. The van der Waals surface area contributed by atoms with Crippen LogP contribution in [0.5, 0.6) is 0 Å². The van der Waals surface area contributed by atoms with Gasteiger partial charge in [-0.05, 0) is 48.3 Å². The molecular formula is C17H23NO3. The van der Waals surface area contributed by atoms with Crippen LogP contribution in [0.4, 0.5) is 5.69 Å². The smallest absolute Gasteiger partial charge is 0.303 e. The Kier molecular flexibility index (Phi) is 4.66. The topological polar surface area (TPSA) is 66.4 Å². The highest BCUT2D eigenvalue weighted by atomic mass is 16.4. The zero-order valence-electron chi connectivity index (χ0n) is 12.7. The van der Waals surface area contributed by atoms with Crippen molar-refractivity contribution in [3.8, 4) is 0 Å². The Labute approximate surface area is 125 Å². The first kappa shape index (κ1) is 15.5. The number of nitrogens with one attached hydrogen (secondary N) is 1. The van der Waals surface area contributed by atoms with Gasteiger partial charge in [0.15, 0.2) is 0 Å². The molecule has 4 heteroatoms. The van der Waals surface area contributed by atoms with Crippen LogP contribution in [0.1, 0.15) is 50.7 Å². The zero-order valence-corrected chi connectivity index (χ0v) is 12.7. The molecular weight excluding hydrogens is 266 g/mol. The Morgan fingerprint density at radius 1 is 1.19 bits per heavy atom. The number of aryl methyl sites for hydroxylation is 1. The summed E-state index contributed by atoms with van der Waals surface area (Å²) in [4.78, 5) is 23.0. The number of amides is 1. The summed E-state index contributed by atoms with van der Waals surface area (Å²) in [5.41, 5.74) is 2.92. The van der Waals surface area contributed by atoms with Gasteiger partial charge in [-0.25, -0.2) is 0 Å². The first-order valence-electron chi connectivity index (χ1n) is 7.50. The number of benzene rings is 1. The number of carbonyl (C=O) groups excluding carboxylic acids is 1. The molecule has 21 heavy (non-hydrogen) atoms. The summed E-state index contributed by atoms with van der Waals surface area (Å²) < 4.78 is 0. The van der Waals surface area contributed by atoms with E-state index < -0.39 is 11.4 Å². The van der Waals surface area contributed by atoms with Crippen LogP contribution < -0.4 is 5.32 Å². The summed E-state index contributed by atoms with van der Waals surface area (Å²) >= 11 is 0. The number of carbonyl (C=O) groups is 2. The van der Waals surface area contributed by atoms with E-state index in [0.29, 0.717) is 0 Å². The van der Waals surface area contributed by atoms with E-state index in [9.17, 15) is 9.59 Å². The molecule has 4 nitrogen and oxygen atoms in total. The number of rotatable bonds is 5. The van der Waals surface area contributed by atoms with Gasteiger partial charge in [-0.15, -0.1) is 0 Å². The fourth-order valence-corrected chi connectivity index (χ4v) is 3.00. The molecule has 0 fully saturated rings. The predicted octanol–water partition coefficient (Wildman–Crippen LogP) is 3.39. The highest BCUT2D eigenvalue weighted by molar-refractivity contribution is 5.92. The van der Waals surface area contributed by atoms with Crippen molar-refractivity contribution in [3.05, 3.63) is 29.3 Å². The van der Waals surface area contributed by atoms with Crippen LogP contribution in [0.15, 0.2) is 18.2 Å². The Bertz CT molecular complexity index is 549. The van der Waals surface area contributed by atoms with E-state index in [2.05, 4.69) is 11.4 Å². The molecule has 1 aromatic rings. The van der Waals surface area contributed by atoms with Crippen molar-refractivity contribution in [3.63, 3.8) is 0 Å². The van der Waals surface area contributed by atoms with Gasteiger partial charge in [0.2, 0.25) is 5.91 Å². The van der Waals surface area contributed by atoms with Gasteiger partial charge in [0.25, 0.3) is 0 Å². The quantitative estimate of drug-likeness (QED) is 0.873. The van der Waals surface area contributed by atoms with Crippen molar-refractivity contribution in [1.82, 2.24) is 0 Å². The molecule has 0 saturated heterocycles. The SMILES string of the molecule is CC(C)(CC(=O)O)CC(=O)Nc1cccc2c1CCCC2. The average molecular weight is 289 g/mol. The molecule has 0 aliphatic heterocycles. The Morgan fingerprint density at radius 2 is 1.90 bits per heavy atom. The molecule has 0 spiro atoms. The summed E-state index contributed by atoms with van der Waals surface area (Å²) in [5.74, 6) is -0.981. The minimum atomic E-state index is -0.870. The first-order chi connectivity index (χ1) is 9.87. The lowest BCUT2D eigenvalue weighted by Crippen LogP contribution is -2.25. The van der Waals surface area contributed by atoms with Crippen molar-refractivity contribution in [2.75, 3.05) is 5.32 Å². The molecule has 0 aromatic heterocycles. The standard InChI is InChI=1S/C17H23NO3/c1-17(2,11-16(20)21)10-15(19)18-14-9-5-7-12-6-3-4-8-13(12)14/h5,7,9H,3-4,6,8,10-11H2,1-2H3,(H,18,19)(H,20,21). The second-order valence-electron chi connectivity index (χ2n) is 6.61. The maximum Gasteiger partial charge on any atom is 0.303 e. The lowest BCUT2D eigenvalue weighted by Gasteiger charge is -2.23. The Hall–Kier alpha value is -1.84. The monoisotopic (exact) mass is 289 g/mol. The van der Waals surface area contributed by atoms with Crippen LogP contribution in [0.3, 0.4) is 0 Å². The second kappa shape index (κ2) is 6.29. The predicted molar refractivity (Wildman–Crippen MR) is 82.4 cm³/mol. The van der Waals surface area contributed by atoms with Gasteiger partial charge < -0.3 is 10.4 Å². The minimum absolute atomic E-state index is 0.00663. The normalized spacial score (nSPS) is 14.4. The third-order valence-corrected chi connectivity index (χ3v) is 3.94. The van der Waals surface area contributed by atoms with E-state index in [1.807, 2.05) is 12.1 Å². The summed E-state index contributed by atoms with van der Waals surface area (Å²) in [7, 11) is 0. The van der Waals surface area contributed by atoms with E-state index in [0.717, 1.165) is 24.9 Å². The summed E-state index contributed by atoms with van der Waals surface area (Å²) in [6.07, 6.45) is 4.64. The summed E-state index contributed by atoms with van der Waals surface area (Å²) in [5, 5.41) is 11.8. The maximum absolute atomic E-state index is 12.2. The van der Waals surface area contributed by atoms with Crippen LogP contribution in [0.2, 0.25) is 0 Å². The molecule has 2 N–H and O–H groups in total. The van der Waals surface area contributed by atoms with E-state index in [-0.39, 0.29) is 18.7 Å². The fourth-order valence-electron chi connectivity index (χ4n) is 3.00. The van der Waals surface area contributed by atoms with Crippen molar-refractivity contribution in [2.24, 2.45) is 5.41 Å². The molecule has 0 saturated carbocycles. The lowest BCUT2D eigenvalue weighted by molar-refractivity contribution is -0.139. The number of carboxylic acids is 1. The van der Waals surface area contributed by atoms with Gasteiger partial charge in [0.05, 0.1) is 6.42 Å². The largest absolute Gasteiger partial charge is 0.481 e. The molecule has 0 atom stereocenters. The maximum atomic E-state index is 12.2. The average Bonchev–Trinajstić information content (AvgIpc) is 2.36. The fraction of sp³-hybridized carbons (Fsp3) is 0.529. The zero-order chi connectivity index (χ0) is 15.5. The van der Waals surface area contributed by atoms with Crippen molar-refractivity contribution < 1.29 is 14.7 Å². The molecule has 114 valence electrons. The summed E-state index contributed by atoms with van der Waals surface area (Å²) in [6.45, 7) is 3.61. The van der Waals surface area contributed by atoms with Crippen molar-refractivity contribution in [2.45, 2.75) is 52.4 Å². The molecule has 1 amide bonds. The van der Waals surface area contributed by atoms with Gasteiger partial charge in [-0.2, -0.15) is 0 Å². The molecule has 1 aromatic carbocycles. The van der Waals surface area contributed by atoms with Crippen molar-refractivity contribution >= 4 is 17.6 Å².